The molecule has 0 aliphatic heterocycles. The van der Waals surface area contributed by atoms with Gasteiger partial charge < -0.3 is 14.2 Å². The number of imide groups is 1. The number of carbonyl (C=O) groups excluding carboxylic acids is 2. The van der Waals surface area contributed by atoms with Crippen LogP contribution in [0.15, 0.2) is 24.5 Å². The van der Waals surface area contributed by atoms with Gasteiger partial charge >= 0.3 is 12.2 Å². The molecule has 0 aliphatic carbocycles. The van der Waals surface area contributed by atoms with E-state index < -0.39 is 23.4 Å². The monoisotopic (exact) mass is 430 g/mol. The SMILES string of the molecule is CCc1cc(N(C(=O)OC(C)(C)C)C(=O)OC(C)(C)C)nc(-c2cnccc2OC)n1. The Morgan fingerprint density at radius 1 is 1.00 bits per heavy atom. The van der Waals surface area contributed by atoms with Crippen molar-refractivity contribution in [1.82, 2.24) is 15.0 Å². The molecule has 2 amide bonds. The fourth-order valence-electron chi connectivity index (χ4n) is 2.50. The molecular formula is C22H30N4O5. The van der Waals surface area contributed by atoms with Gasteiger partial charge in [-0.05, 0) is 54.0 Å². The summed E-state index contributed by atoms with van der Waals surface area (Å²) in [5.41, 5.74) is -0.515. The number of rotatable bonds is 4. The van der Waals surface area contributed by atoms with Gasteiger partial charge in [0.05, 0.1) is 12.7 Å². The van der Waals surface area contributed by atoms with Crippen LogP contribution < -0.4 is 9.64 Å². The number of carbonyl (C=O) groups is 2. The molecule has 0 saturated carbocycles. The van der Waals surface area contributed by atoms with Crippen LogP contribution in [-0.2, 0) is 15.9 Å². The fourth-order valence-corrected chi connectivity index (χ4v) is 2.50. The summed E-state index contributed by atoms with van der Waals surface area (Å²) in [4.78, 5) is 39.8. The average molecular weight is 431 g/mol. The highest BCUT2D eigenvalue weighted by Crippen LogP contribution is 2.29. The largest absolute Gasteiger partial charge is 0.496 e. The van der Waals surface area contributed by atoms with Crippen molar-refractivity contribution in [1.29, 1.82) is 0 Å². The Kier molecular flexibility index (Phi) is 7.20. The van der Waals surface area contributed by atoms with Crippen molar-refractivity contribution in [3.05, 3.63) is 30.2 Å². The Balaban J connectivity index is 2.64. The lowest BCUT2D eigenvalue weighted by Gasteiger charge is -2.28. The van der Waals surface area contributed by atoms with Gasteiger partial charge in [-0.25, -0.2) is 19.6 Å². The summed E-state index contributed by atoms with van der Waals surface area (Å²) in [5.74, 6) is 0.808. The van der Waals surface area contributed by atoms with E-state index in [0.717, 1.165) is 4.90 Å². The van der Waals surface area contributed by atoms with Gasteiger partial charge in [-0.2, -0.15) is 4.90 Å². The second-order valence-electron chi connectivity index (χ2n) is 8.77. The normalized spacial score (nSPS) is 11.6. The maximum atomic E-state index is 13.0. The van der Waals surface area contributed by atoms with Gasteiger partial charge in [-0.3, -0.25) is 4.98 Å². The van der Waals surface area contributed by atoms with Crippen molar-refractivity contribution in [3.8, 4) is 17.1 Å². The number of methoxy groups -OCH3 is 1. The summed E-state index contributed by atoms with van der Waals surface area (Å²) in [6.07, 6.45) is 1.89. The lowest BCUT2D eigenvalue weighted by Crippen LogP contribution is -2.44. The lowest BCUT2D eigenvalue weighted by atomic mass is 10.2. The predicted molar refractivity (Wildman–Crippen MR) is 116 cm³/mol. The van der Waals surface area contributed by atoms with Crippen molar-refractivity contribution in [2.24, 2.45) is 0 Å². The molecule has 2 aromatic rings. The number of pyridine rings is 1. The number of hydrogen-bond acceptors (Lipinski definition) is 8. The van der Waals surface area contributed by atoms with Crippen LogP contribution in [0.2, 0.25) is 0 Å². The molecule has 0 bridgehead atoms. The van der Waals surface area contributed by atoms with Gasteiger partial charge in [0, 0.05) is 24.2 Å². The first-order valence-electron chi connectivity index (χ1n) is 9.97. The first kappa shape index (κ1) is 24.0. The fraction of sp³-hybridized carbons (Fsp3) is 0.500. The Hall–Kier alpha value is -3.23. The topological polar surface area (TPSA) is 104 Å². The smallest absolute Gasteiger partial charge is 0.425 e. The van der Waals surface area contributed by atoms with E-state index in [-0.39, 0.29) is 11.6 Å². The second kappa shape index (κ2) is 9.28. The van der Waals surface area contributed by atoms with Gasteiger partial charge in [-0.1, -0.05) is 6.92 Å². The molecule has 0 radical (unpaired) electrons. The highest BCUT2D eigenvalue weighted by atomic mass is 16.6. The van der Waals surface area contributed by atoms with Crippen LogP contribution in [0.5, 0.6) is 5.75 Å². The second-order valence-corrected chi connectivity index (χ2v) is 8.77. The van der Waals surface area contributed by atoms with Gasteiger partial charge in [-0.15, -0.1) is 0 Å². The lowest BCUT2D eigenvalue weighted by molar-refractivity contribution is 0.0429. The highest BCUT2D eigenvalue weighted by Gasteiger charge is 2.34. The van der Waals surface area contributed by atoms with Gasteiger partial charge in [0.15, 0.2) is 11.6 Å². The minimum Gasteiger partial charge on any atom is -0.496 e. The standard InChI is InChI=1S/C22H30N4O5/c1-9-14-12-17(25-18(24-14)15-13-23-11-10-16(15)29-8)26(19(27)30-21(2,3)4)20(28)31-22(5,6)7/h10-13H,9H2,1-8H3. The third kappa shape index (κ3) is 6.63. The maximum absolute atomic E-state index is 13.0. The molecular weight excluding hydrogens is 400 g/mol. The zero-order valence-electron chi connectivity index (χ0n) is 19.3. The molecule has 0 fully saturated rings. The van der Waals surface area contributed by atoms with E-state index in [4.69, 9.17) is 14.2 Å². The summed E-state index contributed by atoms with van der Waals surface area (Å²) >= 11 is 0. The molecule has 2 heterocycles. The van der Waals surface area contributed by atoms with Crippen molar-refractivity contribution in [2.45, 2.75) is 66.1 Å². The van der Waals surface area contributed by atoms with E-state index in [1.165, 1.54) is 7.11 Å². The van der Waals surface area contributed by atoms with Crippen molar-refractivity contribution < 1.29 is 23.8 Å². The number of amides is 2. The molecule has 0 saturated heterocycles. The Labute approximate surface area is 182 Å². The zero-order valence-corrected chi connectivity index (χ0v) is 19.3. The molecule has 0 unspecified atom stereocenters. The molecule has 2 rings (SSSR count). The molecule has 0 atom stereocenters. The van der Waals surface area contributed by atoms with Crippen LogP contribution in [0, 0.1) is 0 Å². The number of aromatic nitrogens is 3. The summed E-state index contributed by atoms with van der Waals surface area (Å²) in [7, 11) is 1.52. The summed E-state index contributed by atoms with van der Waals surface area (Å²) in [6, 6.07) is 3.23. The van der Waals surface area contributed by atoms with E-state index in [2.05, 4.69) is 15.0 Å². The van der Waals surface area contributed by atoms with Crippen LogP contribution >= 0.6 is 0 Å². The minimum absolute atomic E-state index is 0.0382. The molecule has 168 valence electrons. The quantitative estimate of drug-likeness (QED) is 0.682. The van der Waals surface area contributed by atoms with Gasteiger partial charge in [0.2, 0.25) is 0 Å². The Morgan fingerprint density at radius 2 is 1.58 bits per heavy atom. The third-order valence-corrected chi connectivity index (χ3v) is 3.75. The van der Waals surface area contributed by atoms with E-state index in [1.807, 2.05) is 6.92 Å². The predicted octanol–water partition coefficient (Wildman–Crippen LogP) is 4.79. The molecule has 2 aromatic heterocycles. The van der Waals surface area contributed by atoms with Gasteiger partial charge in [0.25, 0.3) is 0 Å². The molecule has 0 aliphatic rings. The van der Waals surface area contributed by atoms with Crippen LogP contribution in [0.4, 0.5) is 15.4 Å². The molecule has 0 aromatic carbocycles. The molecule has 9 heteroatoms. The van der Waals surface area contributed by atoms with Crippen LogP contribution in [0.3, 0.4) is 0 Å². The van der Waals surface area contributed by atoms with Crippen molar-refractivity contribution in [2.75, 3.05) is 12.0 Å². The highest BCUT2D eigenvalue weighted by molar-refractivity contribution is 6.08. The number of aryl methyl sites for hydroxylation is 1. The average Bonchev–Trinajstić information content (AvgIpc) is 2.64. The van der Waals surface area contributed by atoms with E-state index in [1.54, 1.807) is 66.1 Å². The van der Waals surface area contributed by atoms with Gasteiger partial charge in [0.1, 0.15) is 17.0 Å². The first-order chi connectivity index (χ1) is 14.3. The maximum Gasteiger partial charge on any atom is 0.425 e. The Bertz CT molecular complexity index is 920. The molecule has 31 heavy (non-hydrogen) atoms. The number of ether oxygens (including phenoxy) is 3. The minimum atomic E-state index is -0.897. The van der Waals surface area contributed by atoms with Crippen molar-refractivity contribution in [3.63, 3.8) is 0 Å². The van der Waals surface area contributed by atoms with Crippen LogP contribution in [-0.4, -0.2) is 45.5 Å². The summed E-state index contributed by atoms with van der Waals surface area (Å²) in [6.45, 7) is 12.2. The van der Waals surface area contributed by atoms with Crippen LogP contribution in [0.1, 0.15) is 54.2 Å². The molecule has 0 N–H and O–H groups in total. The summed E-state index contributed by atoms with van der Waals surface area (Å²) in [5, 5.41) is 0. The number of hydrogen-bond donors (Lipinski definition) is 0. The number of anilines is 1. The Morgan fingerprint density at radius 3 is 2.06 bits per heavy atom. The van der Waals surface area contributed by atoms with Crippen molar-refractivity contribution >= 4 is 18.0 Å². The van der Waals surface area contributed by atoms with E-state index >= 15 is 0 Å². The third-order valence-electron chi connectivity index (χ3n) is 3.75. The summed E-state index contributed by atoms with van der Waals surface area (Å²) < 4.78 is 16.3. The van der Waals surface area contributed by atoms with Crippen LogP contribution in [0.25, 0.3) is 11.4 Å². The van der Waals surface area contributed by atoms with E-state index in [9.17, 15) is 9.59 Å². The van der Waals surface area contributed by atoms with E-state index in [0.29, 0.717) is 23.4 Å². The first-order valence-corrected chi connectivity index (χ1v) is 9.97. The molecule has 9 nitrogen and oxygen atoms in total. The number of nitrogens with zero attached hydrogens (tertiary/aromatic N) is 4. The zero-order chi connectivity index (χ0) is 23.4. The molecule has 0 spiro atoms.